The first-order chi connectivity index (χ1) is 8.67. The van der Waals surface area contributed by atoms with E-state index in [-0.39, 0.29) is 11.8 Å². The van der Waals surface area contributed by atoms with Crippen LogP contribution >= 0.6 is 0 Å². The van der Waals surface area contributed by atoms with E-state index in [1.54, 1.807) is 12.1 Å². The number of anilines is 1. The summed E-state index contributed by atoms with van der Waals surface area (Å²) in [5.41, 5.74) is 1.54. The second-order valence-corrected chi connectivity index (χ2v) is 3.79. The van der Waals surface area contributed by atoms with Crippen molar-refractivity contribution >= 4 is 17.5 Å². The Kier molecular flexibility index (Phi) is 5.70. The Balaban J connectivity index is 2.38. The molecule has 5 heteroatoms. The molecule has 5 nitrogen and oxygen atoms in total. The molecule has 0 spiro atoms. The molecule has 0 aromatic heterocycles. The van der Waals surface area contributed by atoms with Crippen LogP contribution in [0.1, 0.15) is 23.7 Å². The Morgan fingerprint density at radius 1 is 1.11 bits per heavy atom. The molecule has 0 aliphatic rings. The molecule has 98 valence electrons. The Labute approximate surface area is 107 Å². The predicted octanol–water partition coefficient (Wildman–Crippen LogP) is 0.984. The monoisotopic (exact) mass is 249 g/mol. The smallest absolute Gasteiger partial charge is 0.251 e. The van der Waals surface area contributed by atoms with Crippen LogP contribution in [0, 0.1) is 0 Å². The second kappa shape index (κ2) is 7.32. The van der Waals surface area contributed by atoms with E-state index in [0.29, 0.717) is 25.1 Å². The number of hydrogen-bond donors (Lipinski definition) is 3. The number of benzene rings is 1. The number of rotatable bonds is 6. The summed E-state index contributed by atoms with van der Waals surface area (Å²) in [5, 5.41) is 8.36. The molecule has 0 unspecified atom stereocenters. The van der Waals surface area contributed by atoms with Crippen molar-refractivity contribution in [3.8, 4) is 0 Å². The topological polar surface area (TPSA) is 70.2 Å². The summed E-state index contributed by atoms with van der Waals surface area (Å²) in [6.45, 7) is 2.82. The highest BCUT2D eigenvalue weighted by molar-refractivity contribution is 5.94. The summed E-state index contributed by atoms with van der Waals surface area (Å²) < 4.78 is 0. The summed E-state index contributed by atoms with van der Waals surface area (Å²) >= 11 is 0. The minimum Gasteiger partial charge on any atom is -0.388 e. The minimum absolute atomic E-state index is 0.0525. The SMILES string of the molecule is CCNC(=O)CCNC(=O)c1ccc(NC)cc1. The lowest BCUT2D eigenvalue weighted by atomic mass is 10.2. The maximum Gasteiger partial charge on any atom is 0.251 e. The van der Waals surface area contributed by atoms with Gasteiger partial charge < -0.3 is 16.0 Å². The third-order valence-electron chi connectivity index (χ3n) is 2.45. The zero-order valence-corrected chi connectivity index (χ0v) is 10.7. The fourth-order valence-corrected chi connectivity index (χ4v) is 1.47. The second-order valence-electron chi connectivity index (χ2n) is 3.79. The molecule has 0 saturated carbocycles. The molecule has 2 amide bonds. The van der Waals surface area contributed by atoms with Crippen LogP contribution in [0.5, 0.6) is 0 Å². The molecule has 0 fully saturated rings. The molecule has 1 aromatic carbocycles. The summed E-state index contributed by atoms with van der Waals surface area (Å²) in [5.74, 6) is -0.217. The Morgan fingerprint density at radius 2 is 1.78 bits per heavy atom. The number of nitrogens with one attached hydrogen (secondary N) is 3. The average molecular weight is 249 g/mol. The molecule has 0 radical (unpaired) electrons. The van der Waals surface area contributed by atoms with Gasteiger partial charge in [-0.15, -0.1) is 0 Å². The van der Waals surface area contributed by atoms with E-state index >= 15 is 0 Å². The van der Waals surface area contributed by atoms with Crippen LogP contribution in [0.2, 0.25) is 0 Å². The van der Waals surface area contributed by atoms with Crippen molar-refractivity contribution in [1.82, 2.24) is 10.6 Å². The minimum atomic E-state index is -0.165. The molecular formula is C13H19N3O2. The van der Waals surface area contributed by atoms with E-state index in [2.05, 4.69) is 16.0 Å². The molecule has 1 rings (SSSR count). The molecule has 0 aliphatic heterocycles. The highest BCUT2D eigenvalue weighted by atomic mass is 16.2. The van der Waals surface area contributed by atoms with Crippen LogP contribution in [0.3, 0.4) is 0 Å². The standard InChI is InChI=1S/C13H19N3O2/c1-3-15-12(17)8-9-16-13(18)10-4-6-11(14-2)7-5-10/h4-7,14H,3,8-9H2,1-2H3,(H,15,17)(H,16,18). The van der Waals surface area contributed by atoms with Crippen molar-refractivity contribution < 1.29 is 9.59 Å². The molecule has 0 atom stereocenters. The number of carbonyl (C=O) groups excluding carboxylic acids is 2. The first kappa shape index (κ1) is 14.0. The van der Waals surface area contributed by atoms with E-state index < -0.39 is 0 Å². The Bertz CT molecular complexity index is 401. The first-order valence-corrected chi connectivity index (χ1v) is 6.00. The van der Waals surface area contributed by atoms with Crippen LogP contribution in [0.15, 0.2) is 24.3 Å². The van der Waals surface area contributed by atoms with Gasteiger partial charge in [0.1, 0.15) is 0 Å². The maximum absolute atomic E-state index is 11.7. The maximum atomic E-state index is 11.7. The molecular weight excluding hydrogens is 230 g/mol. The van der Waals surface area contributed by atoms with Crippen molar-refractivity contribution in [2.75, 3.05) is 25.5 Å². The van der Waals surface area contributed by atoms with Gasteiger partial charge in [0.2, 0.25) is 5.91 Å². The van der Waals surface area contributed by atoms with Crippen LogP contribution in [0.4, 0.5) is 5.69 Å². The largest absolute Gasteiger partial charge is 0.388 e. The lowest BCUT2D eigenvalue weighted by molar-refractivity contribution is -0.120. The highest BCUT2D eigenvalue weighted by Crippen LogP contribution is 2.08. The van der Waals surface area contributed by atoms with E-state index in [9.17, 15) is 9.59 Å². The zero-order valence-electron chi connectivity index (χ0n) is 10.7. The van der Waals surface area contributed by atoms with Crippen LogP contribution in [0.25, 0.3) is 0 Å². The quantitative estimate of drug-likeness (QED) is 0.704. The van der Waals surface area contributed by atoms with Crippen molar-refractivity contribution in [3.63, 3.8) is 0 Å². The molecule has 1 aromatic rings. The van der Waals surface area contributed by atoms with Gasteiger partial charge in [-0.05, 0) is 31.2 Å². The van der Waals surface area contributed by atoms with Gasteiger partial charge in [0, 0.05) is 37.8 Å². The Morgan fingerprint density at radius 3 is 2.33 bits per heavy atom. The van der Waals surface area contributed by atoms with E-state index in [1.807, 2.05) is 26.1 Å². The molecule has 0 aliphatic carbocycles. The highest BCUT2D eigenvalue weighted by Gasteiger charge is 2.05. The lowest BCUT2D eigenvalue weighted by Gasteiger charge is -2.06. The number of amides is 2. The van der Waals surface area contributed by atoms with Crippen LogP contribution in [-0.2, 0) is 4.79 Å². The molecule has 0 heterocycles. The number of carbonyl (C=O) groups is 2. The summed E-state index contributed by atoms with van der Waals surface area (Å²) in [7, 11) is 1.82. The fraction of sp³-hybridized carbons (Fsp3) is 0.385. The van der Waals surface area contributed by atoms with Gasteiger partial charge in [0.15, 0.2) is 0 Å². The van der Waals surface area contributed by atoms with Crippen molar-refractivity contribution in [2.45, 2.75) is 13.3 Å². The molecule has 3 N–H and O–H groups in total. The fourth-order valence-electron chi connectivity index (χ4n) is 1.47. The van der Waals surface area contributed by atoms with Crippen LogP contribution < -0.4 is 16.0 Å². The lowest BCUT2D eigenvalue weighted by Crippen LogP contribution is -2.30. The van der Waals surface area contributed by atoms with Gasteiger partial charge in [0.05, 0.1) is 0 Å². The van der Waals surface area contributed by atoms with E-state index in [4.69, 9.17) is 0 Å². The Hall–Kier alpha value is -2.04. The molecule has 0 bridgehead atoms. The van der Waals surface area contributed by atoms with Gasteiger partial charge in [-0.2, -0.15) is 0 Å². The normalized spacial score (nSPS) is 9.67. The summed E-state index contributed by atoms with van der Waals surface area (Å²) in [4.78, 5) is 22.9. The molecule has 18 heavy (non-hydrogen) atoms. The third-order valence-corrected chi connectivity index (χ3v) is 2.45. The zero-order chi connectivity index (χ0) is 13.4. The summed E-state index contributed by atoms with van der Waals surface area (Å²) in [6, 6.07) is 7.15. The van der Waals surface area contributed by atoms with E-state index in [1.165, 1.54) is 0 Å². The van der Waals surface area contributed by atoms with Crippen molar-refractivity contribution in [2.24, 2.45) is 0 Å². The van der Waals surface area contributed by atoms with Gasteiger partial charge in [0.25, 0.3) is 5.91 Å². The van der Waals surface area contributed by atoms with Crippen LogP contribution in [-0.4, -0.2) is 32.0 Å². The van der Waals surface area contributed by atoms with Crippen molar-refractivity contribution in [3.05, 3.63) is 29.8 Å². The first-order valence-electron chi connectivity index (χ1n) is 6.00. The predicted molar refractivity (Wildman–Crippen MR) is 71.6 cm³/mol. The third kappa shape index (κ3) is 4.45. The van der Waals surface area contributed by atoms with Gasteiger partial charge in [-0.3, -0.25) is 9.59 Å². The van der Waals surface area contributed by atoms with E-state index in [0.717, 1.165) is 5.69 Å². The average Bonchev–Trinajstić information content (AvgIpc) is 2.39. The van der Waals surface area contributed by atoms with Gasteiger partial charge in [-0.1, -0.05) is 0 Å². The molecule has 0 saturated heterocycles. The van der Waals surface area contributed by atoms with Gasteiger partial charge in [-0.25, -0.2) is 0 Å². The summed E-state index contributed by atoms with van der Waals surface area (Å²) in [6.07, 6.45) is 0.300. The van der Waals surface area contributed by atoms with Gasteiger partial charge >= 0.3 is 0 Å². The number of hydrogen-bond acceptors (Lipinski definition) is 3. The van der Waals surface area contributed by atoms with Crippen molar-refractivity contribution in [1.29, 1.82) is 0 Å².